The van der Waals surface area contributed by atoms with Crippen LogP contribution >= 0.6 is 11.3 Å². The Bertz CT molecular complexity index is 1120. The first kappa shape index (κ1) is 18.8. The van der Waals surface area contributed by atoms with Gasteiger partial charge in [-0.05, 0) is 59.0 Å². The van der Waals surface area contributed by atoms with E-state index in [1.165, 1.54) is 11.3 Å². The van der Waals surface area contributed by atoms with Crippen molar-refractivity contribution in [2.75, 3.05) is 11.9 Å². The van der Waals surface area contributed by atoms with Crippen LogP contribution in [0.5, 0.6) is 0 Å². The summed E-state index contributed by atoms with van der Waals surface area (Å²) in [6.45, 7) is 3.78. The number of rotatable bonds is 5. The highest BCUT2D eigenvalue weighted by atomic mass is 32.1. The first-order valence-corrected chi connectivity index (χ1v) is 9.73. The lowest BCUT2D eigenvalue weighted by molar-refractivity contribution is -0.139. The molecule has 148 valence electrons. The molecule has 10 heteroatoms. The van der Waals surface area contributed by atoms with Crippen LogP contribution < -0.4 is 5.32 Å². The number of tetrazole rings is 1. The molecule has 3 heterocycles. The molecule has 9 nitrogen and oxygen atoms in total. The number of carbonyl (C=O) groups is 2. The van der Waals surface area contributed by atoms with Crippen molar-refractivity contribution in [1.82, 2.24) is 20.2 Å². The second-order valence-electron chi connectivity index (χ2n) is 6.31. The molecule has 0 fully saturated rings. The largest absolute Gasteiger partial charge is 0.478 e. The Hall–Kier alpha value is -3.53. The van der Waals surface area contributed by atoms with E-state index < -0.39 is 18.0 Å². The highest BCUT2D eigenvalue weighted by molar-refractivity contribution is 7.10. The third-order valence-electron chi connectivity index (χ3n) is 4.60. The zero-order valence-electron chi connectivity index (χ0n) is 15.6. The molecule has 0 spiro atoms. The average Bonchev–Trinajstić information content (AvgIpc) is 3.36. The van der Waals surface area contributed by atoms with Crippen molar-refractivity contribution in [2.45, 2.75) is 19.9 Å². The first-order chi connectivity index (χ1) is 14.0. The lowest BCUT2D eigenvalue weighted by Gasteiger charge is -2.27. The van der Waals surface area contributed by atoms with Gasteiger partial charge in [-0.25, -0.2) is 9.59 Å². The predicted octanol–water partition coefficient (Wildman–Crippen LogP) is 2.95. The normalized spacial score (nSPS) is 15.6. The Labute approximate surface area is 169 Å². The first-order valence-electron chi connectivity index (χ1n) is 8.85. The number of esters is 1. The smallest absolute Gasteiger partial charge is 0.338 e. The molecule has 0 radical (unpaired) electrons. The number of fused-ring (bicyclic) bond motifs is 1. The molecule has 1 unspecified atom stereocenters. The quantitative estimate of drug-likeness (QED) is 0.615. The van der Waals surface area contributed by atoms with Gasteiger partial charge in [0.2, 0.25) is 5.95 Å². The Morgan fingerprint density at radius 3 is 2.72 bits per heavy atom. The zero-order valence-corrected chi connectivity index (χ0v) is 16.4. The van der Waals surface area contributed by atoms with Crippen LogP contribution in [-0.4, -0.2) is 43.9 Å². The van der Waals surface area contributed by atoms with E-state index in [1.54, 1.807) is 42.8 Å². The van der Waals surface area contributed by atoms with E-state index in [2.05, 4.69) is 20.8 Å². The Morgan fingerprint density at radius 2 is 2.03 bits per heavy atom. The van der Waals surface area contributed by atoms with Gasteiger partial charge in [-0.3, -0.25) is 0 Å². The number of ether oxygens (including phenoxy) is 1. The van der Waals surface area contributed by atoms with Gasteiger partial charge in [-0.2, -0.15) is 4.68 Å². The number of benzene rings is 1. The Kier molecular flexibility index (Phi) is 4.85. The maximum atomic E-state index is 12.8. The van der Waals surface area contributed by atoms with E-state index in [1.807, 2.05) is 11.4 Å². The van der Waals surface area contributed by atoms with E-state index >= 15 is 0 Å². The lowest BCUT2D eigenvalue weighted by atomic mass is 9.96. The van der Waals surface area contributed by atoms with Gasteiger partial charge >= 0.3 is 11.9 Å². The summed E-state index contributed by atoms with van der Waals surface area (Å²) < 4.78 is 6.84. The highest BCUT2D eigenvalue weighted by Gasteiger charge is 2.37. The summed E-state index contributed by atoms with van der Waals surface area (Å²) in [4.78, 5) is 24.8. The minimum Gasteiger partial charge on any atom is -0.478 e. The lowest BCUT2D eigenvalue weighted by Crippen LogP contribution is -2.29. The number of allylic oxidation sites excluding steroid dienone is 1. The van der Waals surface area contributed by atoms with Crippen LogP contribution in [0.1, 0.15) is 35.1 Å². The van der Waals surface area contributed by atoms with E-state index in [0.717, 1.165) is 16.0 Å². The van der Waals surface area contributed by atoms with Crippen molar-refractivity contribution in [3.63, 3.8) is 0 Å². The van der Waals surface area contributed by atoms with Crippen molar-refractivity contribution in [3.05, 3.63) is 57.4 Å². The van der Waals surface area contributed by atoms with Crippen molar-refractivity contribution in [3.8, 4) is 11.1 Å². The molecule has 0 amide bonds. The number of carbonyl (C=O) groups excluding carboxylic acids is 1. The summed E-state index contributed by atoms with van der Waals surface area (Å²) in [5.41, 5.74) is 2.96. The average molecular weight is 411 g/mol. The van der Waals surface area contributed by atoms with Crippen LogP contribution in [0.25, 0.3) is 11.1 Å². The van der Waals surface area contributed by atoms with Gasteiger partial charge in [0.25, 0.3) is 0 Å². The molecule has 1 aromatic carbocycles. The second-order valence-corrected chi connectivity index (χ2v) is 7.26. The SMILES string of the molecule is CCOC(=O)C1=C(C)Nc2nnnn2C1c1sccc1-c1ccc(C(=O)O)cc1. The molecular formula is C19H17N5O4S. The van der Waals surface area contributed by atoms with Crippen molar-refractivity contribution < 1.29 is 19.4 Å². The van der Waals surface area contributed by atoms with Crippen molar-refractivity contribution in [2.24, 2.45) is 0 Å². The summed E-state index contributed by atoms with van der Waals surface area (Å²) in [6.07, 6.45) is 0. The van der Waals surface area contributed by atoms with Gasteiger partial charge in [0.05, 0.1) is 17.7 Å². The predicted molar refractivity (Wildman–Crippen MR) is 106 cm³/mol. The van der Waals surface area contributed by atoms with Gasteiger partial charge in [-0.15, -0.1) is 11.3 Å². The monoisotopic (exact) mass is 411 g/mol. The molecule has 0 saturated carbocycles. The number of nitrogens with one attached hydrogen (secondary N) is 1. The fourth-order valence-electron chi connectivity index (χ4n) is 3.29. The van der Waals surface area contributed by atoms with E-state index in [4.69, 9.17) is 9.84 Å². The zero-order chi connectivity index (χ0) is 20.5. The van der Waals surface area contributed by atoms with Gasteiger partial charge < -0.3 is 15.2 Å². The van der Waals surface area contributed by atoms with E-state index in [0.29, 0.717) is 17.2 Å². The number of thiophene rings is 1. The minimum absolute atomic E-state index is 0.207. The van der Waals surface area contributed by atoms with Crippen LogP contribution in [0.4, 0.5) is 5.95 Å². The highest BCUT2D eigenvalue weighted by Crippen LogP contribution is 2.42. The number of hydrogen-bond acceptors (Lipinski definition) is 8. The third-order valence-corrected chi connectivity index (χ3v) is 5.57. The van der Waals surface area contributed by atoms with Crippen LogP contribution in [0, 0.1) is 0 Å². The maximum absolute atomic E-state index is 12.8. The summed E-state index contributed by atoms with van der Waals surface area (Å²) in [7, 11) is 0. The Morgan fingerprint density at radius 1 is 1.28 bits per heavy atom. The number of aromatic nitrogens is 4. The van der Waals surface area contributed by atoms with Gasteiger partial charge in [-0.1, -0.05) is 17.2 Å². The molecule has 3 aromatic rings. The molecule has 4 rings (SSSR count). The maximum Gasteiger partial charge on any atom is 0.338 e. The molecule has 1 atom stereocenters. The molecule has 2 N–H and O–H groups in total. The molecule has 1 aliphatic heterocycles. The molecule has 29 heavy (non-hydrogen) atoms. The van der Waals surface area contributed by atoms with Gasteiger partial charge in [0.1, 0.15) is 6.04 Å². The van der Waals surface area contributed by atoms with Crippen LogP contribution in [-0.2, 0) is 9.53 Å². The third kappa shape index (κ3) is 3.27. The summed E-state index contributed by atoms with van der Waals surface area (Å²) in [5, 5.41) is 25.9. The number of carboxylic acid groups (broad SMARTS) is 1. The minimum atomic E-state index is -0.984. The van der Waals surface area contributed by atoms with Crippen molar-refractivity contribution in [1.29, 1.82) is 0 Å². The molecular weight excluding hydrogens is 394 g/mol. The van der Waals surface area contributed by atoms with E-state index in [9.17, 15) is 9.59 Å². The van der Waals surface area contributed by atoms with Crippen LogP contribution in [0.15, 0.2) is 47.0 Å². The number of anilines is 1. The van der Waals surface area contributed by atoms with Crippen molar-refractivity contribution >= 4 is 29.2 Å². The topological polar surface area (TPSA) is 119 Å². The number of carboxylic acids is 1. The standard InChI is InChI=1S/C19H17N5O4S/c1-3-28-18(27)14-10(2)20-19-21-22-23-24(19)15(14)16-13(8-9-29-16)11-4-6-12(7-5-11)17(25)26/h4-9,15H,3H2,1-2H3,(H,25,26)(H,20,21,23). The molecule has 0 aliphatic carbocycles. The molecule has 1 aliphatic rings. The Balaban J connectivity index is 1.84. The summed E-state index contributed by atoms with van der Waals surface area (Å²) in [6, 6.07) is 7.97. The van der Waals surface area contributed by atoms with Crippen LogP contribution in [0.3, 0.4) is 0 Å². The van der Waals surface area contributed by atoms with Gasteiger partial charge in [0.15, 0.2) is 0 Å². The molecule has 0 bridgehead atoms. The number of aromatic carboxylic acids is 1. The van der Waals surface area contributed by atoms with Crippen LogP contribution in [0.2, 0.25) is 0 Å². The summed E-state index contributed by atoms with van der Waals surface area (Å²) in [5.74, 6) is -0.993. The van der Waals surface area contributed by atoms with E-state index in [-0.39, 0.29) is 12.2 Å². The second kappa shape index (κ2) is 7.47. The van der Waals surface area contributed by atoms with Gasteiger partial charge in [0, 0.05) is 10.6 Å². The summed E-state index contributed by atoms with van der Waals surface area (Å²) >= 11 is 1.47. The fraction of sp³-hybridized carbons (Fsp3) is 0.211. The molecule has 0 saturated heterocycles. The fourth-order valence-corrected chi connectivity index (χ4v) is 4.30. The number of nitrogens with zero attached hydrogens (tertiary/aromatic N) is 4. The molecule has 2 aromatic heterocycles. The number of hydrogen-bond donors (Lipinski definition) is 2.